The number of rotatable bonds is 2. The van der Waals surface area contributed by atoms with Gasteiger partial charge in [0.1, 0.15) is 0 Å². The molecule has 0 saturated carbocycles. The van der Waals surface area contributed by atoms with Gasteiger partial charge in [0, 0.05) is 38.4 Å². The van der Waals surface area contributed by atoms with Gasteiger partial charge in [0.05, 0.1) is 11.1 Å². The number of nitrogens with zero attached hydrogens (tertiary/aromatic N) is 2. The molecule has 5 heteroatoms. The van der Waals surface area contributed by atoms with E-state index in [-0.39, 0.29) is 11.8 Å². The number of hydrogen-bond acceptors (Lipinski definition) is 4. The monoisotopic (exact) mass is 287 g/mol. The molecule has 0 spiro atoms. The third kappa shape index (κ3) is 2.21. The van der Waals surface area contributed by atoms with E-state index < -0.39 is 0 Å². The molecule has 5 nitrogen and oxygen atoms in total. The Hall–Kier alpha value is -1.88. The van der Waals surface area contributed by atoms with E-state index in [1.54, 1.807) is 6.07 Å². The van der Waals surface area contributed by atoms with Gasteiger partial charge in [-0.25, -0.2) is 0 Å². The minimum atomic E-state index is -0.206. The molecule has 1 fully saturated rings. The lowest BCUT2D eigenvalue weighted by molar-refractivity contribution is 0.0693. The van der Waals surface area contributed by atoms with Crippen molar-refractivity contribution in [3.8, 4) is 0 Å². The van der Waals surface area contributed by atoms with Gasteiger partial charge in [-0.1, -0.05) is 13.8 Å². The summed E-state index contributed by atoms with van der Waals surface area (Å²) < 4.78 is 0. The standard InChI is InChI=1S/C16H21N3O2/c1-10(2)14-9-17-6-7-19(14)11-4-5-12-13(8-11)16(21)18(3)15(12)20/h4-5,8,10,14,17H,6-7,9H2,1-3H3. The summed E-state index contributed by atoms with van der Waals surface area (Å²) in [6, 6.07) is 6.03. The van der Waals surface area contributed by atoms with Crippen LogP contribution in [-0.4, -0.2) is 49.4 Å². The van der Waals surface area contributed by atoms with Gasteiger partial charge in [-0.05, 0) is 24.1 Å². The van der Waals surface area contributed by atoms with Crippen molar-refractivity contribution >= 4 is 17.5 Å². The molecule has 1 aromatic rings. The first kappa shape index (κ1) is 14.1. The number of piperazine rings is 1. The maximum atomic E-state index is 12.1. The van der Waals surface area contributed by atoms with Crippen molar-refractivity contribution < 1.29 is 9.59 Å². The Morgan fingerprint density at radius 2 is 1.90 bits per heavy atom. The van der Waals surface area contributed by atoms with Gasteiger partial charge in [0.25, 0.3) is 11.8 Å². The molecule has 1 aromatic carbocycles. The molecule has 112 valence electrons. The van der Waals surface area contributed by atoms with E-state index in [1.165, 1.54) is 11.9 Å². The number of carbonyl (C=O) groups excluding carboxylic acids is 2. The lowest BCUT2D eigenvalue weighted by Crippen LogP contribution is -2.53. The Labute approximate surface area is 124 Å². The summed E-state index contributed by atoms with van der Waals surface area (Å²) in [4.78, 5) is 27.6. The van der Waals surface area contributed by atoms with Gasteiger partial charge in [0.2, 0.25) is 0 Å². The first-order chi connectivity index (χ1) is 10.0. The zero-order chi connectivity index (χ0) is 15.1. The second kappa shape index (κ2) is 5.15. The largest absolute Gasteiger partial charge is 0.366 e. The number of carbonyl (C=O) groups is 2. The van der Waals surface area contributed by atoms with Crippen LogP contribution in [-0.2, 0) is 0 Å². The van der Waals surface area contributed by atoms with Crippen molar-refractivity contribution in [3.63, 3.8) is 0 Å². The quantitative estimate of drug-likeness (QED) is 0.834. The Morgan fingerprint density at radius 1 is 1.19 bits per heavy atom. The maximum Gasteiger partial charge on any atom is 0.261 e. The third-order valence-corrected chi connectivity index (χ3v) is 4.46. The summed E-state index contributed by atoms with van der Waals surface area (Å²) in [5, 5.41) is 3.42. The van der Waals surface area contributed by atoms with Gasteiger partial charge >= 0.3 is 0 Å². The number of benzene rings is 1. The molecule has 3 rings (SSSR count). The predicted molar refractivity (Wildman–Crippen MR) is 81.7 cm³/mol. The summed E-state index contributed by atoms with van der Waals surface area (Å²) in [5.41, 5.74) is 2.08. The minimum Gasteiger partial charge on any atom is -0.366 e. The van der Waals surface area contributed by atoms with Crippen molar-refractivity contribution in [3.05, 3.63) is 29.3 Å². The summed E-state index contributed by atoms with van der Waals surface area (Å²) in [6.07, 6.45) is 0. The predicted octanol–water partition coefficient (Wildman–Crippen LogP) is 1.35. The molecule has 2 aliphatic rings. The van der Waals surface area contributed by atoms with Gasteiger partial charge in [-0.3, -0.25) is 14.5 Å². The summed E-state index contributed by atoms with van der Waals surface area (Å²) >= 11 is 0. The Bertz CT molecular complexity index is 597. The normalized spacial score (nSPS) is 22.2. The van der Waals surface area contributed by atoms with Crippen molar-refractivity contribution in [2.24, 2.45) is 5.92 Å². The summed E-state index contributed by atoms with van der Waals surface area (Å²) in [7, 11) is 1.53. The van der Waals surface area contributed by atoms with Gasteiger partial charge in [0.15, 0.2) is 0 Å². The lowest BCUT2D eigenvalue weighted by Gasteiger charge is -2.40. The SMILES string of the molecule is CC(C)C1CNCCN1c1ccc2c(c1)C(=O)N(C)C2=O. The van der Waals surface area contributed by atoms with Crippen molar-refractivity contribution in [2.45, 2.75) is 19.9 Å². The molecular weight excluding hydrogens is 266 g/mol. The van der Waals surface area contributed by atoms with E-state index in [0.717, 1.165) is 25.3 Å². The van der Waals surface area contributed by atoms with Crippen LogP contribution in [0, 0.1) is 5.92 Å². The van der Waals surface area contributed by atoms with E-state index >= 15 is 0 Å². The zero-order valence-electron chi connectivity index (χ0n) is 12.7. The fourth-order valence-electron chi connectivity index (χ4n) is 3.17. The van der Waals surface area contributed by atoms with Gasteiger partial charge in [-0.2, -0.15) is 0 Å². The highest BCUT2D eigenvalue weighted by Crippen LogP contribution is 2.29. The van der Waals surface area contributed by atoms with Crippen LogP contribution in [0.4, 0.5) is 5.69 Å². The highest BCUT2D eigenvalue weighted by atomic mass is 16.2. The molecule has 2 aliphatic heterocycles. The van der Waals surface area contributed by atoms with E-state index in [1.807, 2.05) is 12.1 Å². The Morgan fingerprint density at radius 3 is 2.62 bits per heavy atom. The van der Waals surface area contributed by atoms with Crippen LogP contribution in [0.2, 0.25) is 0 Å². The Balaban J connectivity index is 1.97. The molecule has 0 aliphatic carbocycles. The number of amides is 2. The molecule has 1 unspecified atom stereocenters. The fraction of sp³-hybridized carbons (Fsp3) is 0.500. The fourth-order valence-corrected chi connectivity index (χ4v) is 3.17. The van der Waals surface area contributed by atoms with Crippen molar-refractivity contribution in [1.29, 1.82) is 0 Å². The molecule has 2 amide bonds. The van der Waals surface area contributed by atoms with Crippen LogP contribution in [0.25, 0.3) is 0 Å². The van der Waals surface area contributed by atoms with Crippen molar-refractivity contribution in [1.82, 2.24) is 10.2 Å². The highest BCUT2D eigenvalue weighted by Gasteiger charge is 2.34. The van der Waals surface area contributed by atoms with Gasteiger partial charge < -0.3 is 10.2 Å². The van der Waals surface area contributed by atoms with E-state index in [2.05, 4.69) is 24.1 Å². The number of imide groups is 1. The topological polar surface area (TPSA) is 52.7 Å². The number of fused-ring (bicyclic) bond motifs is 1. The smallest absolute Gasteiger partial charge is 0.261 e. The molecule has 21 heavy (non-hydrogen) atoms. The van der Waals surface area contributed by atoms with Crippen LogP contribution in [0.3, 0.4) is 0 Å². The molecule has 1 saturated heterocycles. The summed E-state index contributed by atoms with van der Waals surface area (Å²) in [5.74, 6) is 0.112. The maximum absolute atomic E-state index is 12.1. The van der Waals surface area contributed by atoms with E-state index in [9.17, 15) is 9.59 Å². The molecule has 1 atom stereocenters. The first-order valence-corrected chi connectivity index (χ1v) is 7.44. The highest BCUT2D eigenvalue weighted by molar-refractivity contribution is 6.21. The average molecular weight is 287 g/mol. The lowest BCUT2D eigenvalue weighted by atomic mass is 9.99. The van der Waals surface area contributed by atoms with E-state index in [4.69, 9.17) is 0 Å². The minimum absolute atomic E-state index is 0.201. The van der Waals surface area contributed by atoms with Crippen LogP contribution in [0.15, 0.2) is 18.2 Å². The molecule has 0 bridgehead atoms. The Kier molecular flexibility index (Phi) is 3.45. The number of nitrogens with one attached hydrogen (secondary N) is 1. The molecule has 1 N–H and O–H groups in total. The first-order valence-electron chi connectivity index (χ1n) is 7.44. The van der Waals surface area contributed by atoms with Gasteiger partial charge in [-0.15, -0.1) is 0 Å². The average Bonchev–Trinajstić information content (AvgIpc) is 2.71. The molecule has 2 heterocycles. The van der Waals surface area contributed by atoms with Crippen LogP contribution < -0.4 is 10.2 Å². The molecule has 0 radical (unpaired) electrons. The second-order valence-corrected chi connectivity index (χ2v) is 6.11. The van der Waals surface area contributed by atoms with Crippen LogP contribution >= 0.6 is 0 Å². The number of anilines is 1. The van der Waals surface area contributed by atoms with Crippen LogP contribution in [0.1, 0.15) is 34.6 Å². The second-order valence-electron chi connectivity index (χ2n) is 6.11. The molecule has 0 aromatic heterocycles. The molecular formula is C16H21N3O2. The number of hydrogen-bond donors (Lipinski definition) is 1. The van der Waals surface area contributed by atoms with Crippen molar-refractivity contribution in [2.75, 3.05) is 31.6 Å². The zero-order valence-corrected chi connectivity index (χ0v) is 12.7. The van der Waals surface area contributed by atoms with E-state index in [0.29, 0.717) is 23.1 Å². The summed E-state index contributed by atoms with van der Waals surface area (Å²) in [6.45, 7) is 7.22. The van der Waals surface area contributed by atoms with Crippen LogP contribution in [0.5, 0.6) is 0 Å². The third-order valence-electron chi connectivity index (χ3n) is 4.46.